The lowest BCUT2D eigenvalue weighted by molar-refractivity contribution is -0.159. The van der Waals surface area contributed by atoms with Crippen molar-refractivity contribution in [2.45, 2.75) is 57.9 Å². The summed E-state index contributed by atoms with van der Waals surface area (Å²) in [7, 11) is 0. The molecule has 2 rings (SSSR count). The Labute approximate surface area is 227 Å². The predicted molar refractivity (Wildman–Crippen MR) is 146 cm³/mol. The van der Waals surface area contributed by atoms with Crippen molar-refractivity contribution in [2.24, 2.45) is 5.92 Å². The van der Waals surface area contributed by atoms with Gasteiger partial charge in [-0.3, -0.25) is 4.79 Å². The van der Waals surface area contributed by atoms with Crippen molar-refractivity contribution in [1.29, 1.82) is 0 Å². The molecule has 0 aliphatic rings. The molecule has 0 fully saturated rings. The fraction of sp³-hybridized carbons (Fsp3) is 0.429. The molecule has 2 aromatic rings. The molecule has 2 amide bonds. The summed E-state index contributed by atoms with van der Waals surface area (Å²) in [5, 5.41) is 14.6. The Morgan fingerprint density at radius 1 is 0.895 bits per heavy atom. The number of benzene rings is 2. The molecular weight excluding hydrogens is 508 g/mol. The third-order valence-electron chi connectivity index (χ3n) is 5.54. The molecule has 0 aliphatic heterocycles. The lowest BCUT2D eigenvalue weighted by Crippen LogP contribution is -2.50. The molecule has 0 spiro atoms. The molecule has 0 saturated heterocycles. The van der Waals surface area contributed by atoms with E-state index in [1.165, 1.54) is 11.8 Å². The molecule has 0 unspecified atom stereocenters. The van der Waals surface area contributed by atoms with Crippen LogP contribution >= 0.6 is 11.8 Å². The Hall–Kier alpha value is -3.53. The van der Waals surface area contributed by atoms with Gasteiger partial charge in [0.05, 0.1) is 0 Å². The average Bonchev–Trinajstić information content (AvgIpc) is 2.89. The van der Waals surface area contributed by atoms with E-state index in [0.29, 0.717) is 5.75 Å². The summed E-state index contributed by atoms with van der Waals surface area (Å²) in [6.07, 6.45) is 0.276. The maximum absolute atomic E-state index is 13.2. The molecule has 10 heteroatoms. The first kappa shape index (κ1) is 30.7. The van der Waals surface area contributed by atoms with Gasteiger partial charge in [-0.05, 0) is 41.9 Å². The predicted octanol–water partition coefficient (Wildman–Crippen LogP) is 3.80. The van der Waals surface area contributed by atoms with E-state index < -0.39 is 42.1 Å². The highest BCUT2D eigenvalue weighted by Gasteiger charge is 2.32. The van der Waals surface area contributed by atoms with Crippen LogP contribution in [0.3, 0.4) is 0 Å². The largest absolute Gasteiger partial charge is 0.480 e. The fourth-order valence-electron chi connectivity index (χ4n) is 3.59. The lowest BCUT2D eigenvalue weighted by Gasteiger charge is -2.24. The normalized spacial score (nSPS) is 13.2. The number of carboxylic acids is 1. The molecule has 9 nitrogen and oxygen atoms in total. The average molecular weight is 545 g/mol. The number of carbonyl (C=O) groups is 4. The SMILES string of the molecule is CSCC[C@H](NC(=O)[C@H](Cc1ccccc1)OC(=O)[C@H](CC(C)C)NC(=O)OCc1ccccc1)C(=O)O. The van der Waals surface area contributed by atoms with Crippen molar-refractivity contribution in [1.82, 2.24) is 10.6 Å². The smallest absolute Gasteiger partial charge is 0.408 e. The second kappa shape index (κ2) is 16.3. The molecule has 206 valence electrons. The Bertz CT molecular complexity index is 1030. The van der Waals surface area contributed by atoms with E-state index in [0.717, 1.165) is 11.1 Å². The molecule has 0 radical (unpaired) electrons. The topological polar surface area (TPSA) is 131 Å². The van der Waals surface area contributed by atoms with Gasteiger partial charge in [-0.2, -0.15) is 11.8 Å². The van der Waals surface area contributed by atoms with Gasteiger partial charge in [-0.15, -0.1) is 0 Å². The summed E-state index contributed by atoms with van der Waals surface area (Å²) in [4.78, 5) is 50.4. The van der Waals surface area contributed by atoms with E-state index in [1.54, 1.807) is 24.3 Å². The summed E-state index contributed by atoms with van der Waals surface area (Å²) in [6, 6.07) is 15.9. The molecule has 38 heavy (non-hydrogen) atoms. The number of esters is 1. The number of carboxylic acid groups (broad SMARTS) is 1. The summed E-state index contributed by atoms with van der Waals surface area (Å²) in [5.74, 6) is -2.14. The van der Waals surface area contributed by atoms with Crippen LogP contribution in [0.4, 0.5) is 4.79 Å². The second-order valence-electron chi connectivity index (χ2n) is 9.18. The maximum atomic E-state index is 13.2. The highest BCUT2D eigenvalue weighted by atomic mass is 32.2. The first-order valence-corrected chi connectivity index (χ1v) is 13.8. The fourth-order valence-corrected chi connectivity index (χ4v) is 4.06. The minimum atomic E-state index is -1.29. The van der Waals surface area contributed by atoms with Gasteiger partial charge in [0.1, 0.15) is 18.7 Å². The molecule has 3 N–H and O–H groups in total. The second-order valence-corrected chi connectivity index (χ2v) is 10.2. The van der Waals surface area contributed by atoms with Gasteiger partial charge in [0, 0.05) is 6.42 Å². The van der Waals surface area contributed by atoms with Crippen LogP contribution in [0.25, 0.3) is 0 Å². The summed E-state index contributed by atoms with van der Waals surface area (Å²) in [6.45, 7) is 3.80. The number of hydrogen-bond donors (Lipinski definition) is 3. The summed E-state index contributed by atoms with van der Waals surface area (Å²) in [5.41, 5.74) is 1.52. The number of alkyl carbamates (subject to hydrolysis) is 1. The van der Waals surface area contributed by atoms with Gasteiger partial charge in [-0.1, -0.05) is 74.5 Å². The first-order chi connectivity index (χ1) is 18.2. The quantitative estimate of drug-likeness (QED) is 0.289. The van der Waals surface area contributed by atoms with E-state index in [1.807, 2.05) is 56.5 Å². The molecular formula is C28H36N2O7S. The zero-order valence-corrected chi connectivity index (χ0v) is 22.7. The minimum absolute atomic E-state index is 0.0197. The number of hydrogen-bond acceptors (Lipinski definition) is 7. The summed E-state index contributed by atoms with van der Waals surface area (Å²) >= 11 is 1.46. The number of ether oxygens (including phenoxy) is 2. The zero-order valence-electron chi connectivity index (χ0n) is 21.9. The van der Waals surface area contributed by atoms with Crippen LogP contribution in [-0.4, -0.2) is 59.2 Å². The van der Waals surface area contributed by atoms with Crippen LogP contribution in [0, 0.1) is 5.92 Å². The molecule has 0 aliphatic carbocycles. The van der Waals surface area contributed by atoms with Gasteiger partial charge >= 0.3 is 18.0 Å². The van der Waals surface area contributed by atoms with Gasteiger partial charge in [-0.25, -0.2) is 14.4 Å². The number of aliphatic carboxylic acids is 1. The van der Waals surface area contributed by atoms with Crippen LogP contribution < -0.4 is 10.6 Å². The van der Waals surface area contributed by atoms with E-state index in [2.05, 4.69) is 10.6 Å². The minimum Gasteiger partial charge on any atom is -0.480 e. The lowest BCUT2D eigenvalue weighted by atomic mass is 10.0. The Kier molecular flexibility index (Phi) is 13.2. The molecule has 0 heterocycles. The molecule has 2 aromatic carbocycles. The van der Waals surface area contributed by atoms with Crippen LogP contribution in [0.5, 0.6) is 0 Å². The molecule has 0 bridgehead atoms. The van der Waals surface area contributed by atoms with Gasteiger partial charge < -0.3 is 25.2 Å². The van der Waals surface area contributed by atoms with Crippen molar-refractivity contribution >= 4 is 35.7 Å². The van der Waals surface area contributed by atoms with Crippen molar-refractivity contribution < 1.29 is 33.8 Å². The highest BCUT2D eigenvalue weighted by molar-refractivity contribution is 7.98. The monoisotopic (exact) mass is 544 g/mol. The molecule has 0 saturated carbocycles. The van der Waals surface area contributed by atoms with Crippen LogP contribution in [-0.2, 0) is 36.9 Å². The molecule has 3 atom stereocenters. The molecule has 0 aromatic heterocycles. The van der Waals surface area contributed by atoms with Crippen molar-refractivity contribution in [3.05, 3.63) is 71.8 Å². The standard InChI is InChI=1S/C28H36N2O7S/c1-19(2)16-23(30-28(35)36-18-21-12-8-5-9-13-21)27(34)37-24(17-20-10-6-4-7-11-20)25(31)29-22(26(32)33)14-15-38-3/h4-13,19,22-24H,14-18H2,1-3H3,(H,29,31)(H,30,35)(H,32,33)/t22-,23-,24-/m0/s1. The van der Waals surface area contributed by atoms with E-state index in [9.17, 15) is 24.3 Å². The summed E-state index contributed by atoms with van der Waals surface area (Å²) < 4.78 is 10.9. The first-order valence-electron chi connectivity index (χ1n) is 12.4. The number of rotatable bonds is 15. The van der Waals surface area contributed by atoms with Crippen molar-refractivity contribution in [2.75, 3.05) is 12.0 Å². The van der Waals surface area contributed by atoms with E-state index >= 15 is 0 Å². The van der Waals surface area contributed by atoms with E-state index in [4.69, 9.17) is 9.47 Å². The number of carbonyl (C=O) groups excluding carboxylic acids is 3. The third-order valence-corrected chi connectivity index (χ3v) is 6.18. The van der Waals surface area contributed by atoms with Crippen molar-refractivity contribution in [3.8, 4) is 0 Å². The van der Waals surface area contributed by atoms with Crippen molar-refractivity contribution in [3.63, 3.8) is 0 Å². The van der Waals surface area contributed by atoms with Crippen LogP contribution in [0.15, 0.2) is 60.7 Å². The zero-order chi connectivity index (χ0) is 27.9. The number of thioether (sulfide) groups is 1. The number of amides is 2. The van der Waals surface area contributed by atoms with E-state index in [-0.39, 0.29) is 31.8 Å². The van der Waals surface area contributed by atoms with Crippen LogP contribution in [0.1, 0.15) is 37.8 Å². The van der Waals surface area contributed by atoms with Gasteiger partial charge in [0.25, 0.3) is 5.91 Å². The van der Waals surface area contributed by atoms with Crippen LogP contribution in [0.2, 0.25) is 0 Å². The Morgan fingerprint density at radius 3 is 2.05 bits per heavy atom. The highest BCUT2D eigenvalue weighted by Crippen LogP contribution is 2.13. The number of nitrogens with one attached hydrogen (secondary N) is 2. The van der Waals surface area contributed by atoms with Gasteiger partial charge in [0.15, 0.2) is 6.10 Å². The Morgan fingerprint density at radius 2 is 1.50 bits per heavy atom. The van der Waals surface area contributed by atoms with Gasteiger partial charge in [0.2, 0.25) is 0 Å². The third kappa shape index (κ3) is 11.2. The Balaban J connectivity index is 2.14. The maximum Gasteiger partial charge on any atom is 0.408 e.